The number of hydrogen-bond acceptors (Lipinski definition) is 3. The number of benzene rings is 1. The van der Waals surface area contributed by atoms with Gasteiger partial charge in [-0.3, -0.25) is 0 Å². The first kappa shape index (κ1) is 14.3. The summed E-state index contributed by atoms with van der Waals surface area (Å²) in [7, 11) is 1.48. The van der Waals surface area contributed by atoms with E-state index in [1.165, 1.54) is 7.11 Å². The average molecular weight is 266 g/mol. The Bertz CT molecular complexity index is 428. The summed E-state index contributed by atoms with van der Waals surface area (Å²) < 4.78 is 18.7. The molecular formula is C15H23FN2O. The number of hydrogen-bond donors (Lipinski definition) is 2. The van der Waals surface area contributed by atoms with Gasteiger partial charge in [-0.1, -0.05) is 19.9 Å². The van der Waals surface area contributed by atoms with Crippen molar-refractivity contribution in [3.63, 3.8) is 0 Å². The van der Waals surface area contributed by atoms with Gasteiger partial charge in [-0.05, 0) is 30.7 Å². The lowest BCUT2D eigenvalue weighted by Crippen LogP contribution is -2.40. The van der Waals surface area contributed by atoms with E-state index in [1.54, 1.807) is 12.1 Å². The molecule has 1 saturated heterocycles. The Balaban J connectivity index is 2.03. The molecule has 106 valence electrons. The molecule has 1 heterocycles. The third-order valence-electron chi connectivity index (χ3n) is 3.83. The van der Waals surface area contributed by atoms with E-state index in [2.05, 4.69) is 24.5 Å². The largest absolute Gasteiger partial charge is 0.494 e. The van der Waals surface area contributed by atoms with Gasteiger partial charge in [0, 0.05) is 24.5 Å². The van der Waals surface area contributed by atoms with Crippen molar-refractivity contribution in [2.75, 3.05) is 26.7 Å². The second kappa shape index (κ2) is 5.88. The van der Waals surface area contributed by atoms with Crippen LogP contribution in [0.2, 0.25) is 0 Å². The van der Waals surface area contributed by atoms with E-state index in [9.17, 15) is 4.39 Å². The Morgan fingerprint density at radius 1 is 1.47 bits per heavy atom. The highest BCUT2D eigenvalue weighted by atomic mass is 19.1. The predicted octanol–water partition coefficient (Wildman–Crippen LogP) is 2.06. The smallest absolute Gasteiger partial charge is 0.165 e. The van der Waals surface area contributed by atoms with Crippen LogP contribution in [0.25, 0.3) is 0 Å². The molecular weight excluding hydrogens is 243 g/mol. The highest BCUT2D eigenvalue weighted by Crippen LogP contribution is 2.27. The minimum absolute atomic E-state index is 0.101. The summed E-state index contributed by atoms with van der Waals surface area (Å²) in [5.74, 6) is 0.00288. The Hall–Kier alpha value is -1.13. The third-order valence-corrected chi connectivity index (χ3v) is 3.83. The Kier molecular flexibility index (Phi) is 4.42. The number of rotatable bonds is 5. The third kappa shape index (κ3) is 3.45. The zero-order chi connectivity index (χ0) is 13.9. The van der Waals surface area contributed by atoms with Crippen molar-refractivity contribution in [2.24, 2.45) is 0 Å². The van der Waals surface area contributed by atoms with Crippen LogP contribution in [0.1, 0.15) is 25.8 Å². The highest BCUT2D eigenvalue weighted by Gasteiger charge is 2.24. The Labute approximate surface area is 114 Å². The summed E-state index contributed by atoms with van der Waals surface area (Å²) in [6.07, 6.45) is 1.16. The lowest BCUT2D eigenvalue weighted by Gasteiger charge is -2.28. The van der Waals surface area contributed by atoms with Gasteiger partial charge in [-0.15, -0.1) is 0 Å². The first-order valence-corrected chi connectivity index (χ1v) is 6.81. The van der Waals surface area contributed by atoms with Gasteiger partial charge in [-0.25, -0.2) is 4.39 Å². The number of nitrogens with one attached hydrogen (secondary N) is 2. The normalized spacial score (nSPS) is 19.7. The summed E-state index contributed by atoms with van der Waals surface area (Å²) in [4.78, 5) is 0. The maximum absolute atomic E-state index is 13.8. The SMILES string of the molecule is COc1ccc(C(C)(C)CNC2CCNC2)cc1F. The summed E-state index contributed by atoms with van der Waals surface area (Å²) >= 11 is 0. The molecule has 0 spiro atoms. The van der Waals surface area contributed by atoms with Crippen molar-refractivity contribution in [2.45, 2.75) is 31.7 Å². The van der Waals surface area contributed by atoms with Crippen LogP contribution in [0.5, 0.6) is 5.75 Å². The topological polar surface area (TPSA) is 33.3 Å². The van der Waals surface area contributed by atoms with Gasteiger partial charge < -0.3 is 15.4 Å². The molecule has 2 N–H and O–H groups in total. The van der Waals surface area contributed by atoms with E-state index < -0.39 is 0 Å². The average Bonchev–Trinajstić information content (AvgIpc) is 2.89. The fourth-order valence-electron chi connectivity index (χ4n) is 2.42. The first-order chi connectivity index (χ1) is 9.03. The molecule has 1 aliphatic rings. The molecule has 1 unspecified atom stereocenters. The molecule has 3 nitrogen and oxygen atoms in total. The van der Waals surface area contributed by atoms with E-state index >= 15 is 0 Å². The second-order valence-electron chi connectivity index (χ2n) is 5.80. The van der Waals surface area contributed by atoms with E-state index in [1.807, 2.05) is 6.07 Å². The Morgan fingerprint density at radius 3 is 2.84 bits per heavy atom. The molecule has 2 rings (SSSR count). The maximum atomic E-state index is 13.8. The van der Waals surface area contributed by atoms with Crippen molar-refractivity contribution in [1.82, 2.24) is 10.6 Å². The van der Waals surface area contributed by atoms with Crippen molar-refractivity contribution in [3.05, 3.63) is 29.6 Å². The van der Waals surface area contributed by atoms with E-state index in [4.69, 9.17) is 4.74 Å². The summed E-state index contributed by atoms with van der Waals surface area (Å²) in [5.41, 5.74) is 0.889. The van der Waals surface area contributed by atoms with Crippen LogP contribution in [0.15, 0.2) is 18.2 Å². The molecule has 0 saturated carbocycles. The molecule has 19 heavy (non-hydrogen) atoms. The van der Waals surface area contributed by atoms with Crippen molar-refractivity contribution in [1.29, 1.82) is 0 Å². The van der Waals surface area contributed by atoms with Gasteiger partial charge in [-0.2, -0.15) is 0 Å². The van der Waals surface area contributed by atoms with Gasteiger partial charge in [0.1, 0.15) is 0 Å². The van der Waals surface area contributed by atoms with Gasteiger partial charge in [0.05, 0.1) is 7.11 Å². The van der Waals surface area contributed by atoms with Crippen LogP contribution in [-0.2, 0) is 5.41 Å². The monoisotopic (exact) mass is 266 g/mol. The summed E-state index contributed by atoms with van der Waals surface area (Å²) in [6, 6.07) is 5.75. The first-order valence-electron chi connectivity index (χ1n) is 6.81. The van der Waals surface area contributed by atoms with E-state index in [0.29, 0.717) is 11.8 Å². The van der Waals surface area contributed by atoms with Crippen LogP contribution < -0.4 is 15.4 Å². The van der Waals surface area contributed by atoms with E-state index in [-0.39, 0.29) is 11.2 Å². The molecule has 0 radical (unpaired) electrons. The van der Waals surface area contributed by atoms with Crippen LogP contribution >= 0.6 is 0 Å². The van der Waals surface area contributed by atoms with Crippen molar-refractivity contribution in [3.8, 4) is 5.75 Å². The quantitative estimate of drug-likeness (QED) is 0.856. The van der Waals surface area contributed by atoms with Gasteiger partial charge in [0.25, 0.3) is 0 Å². The van der Waals surface area contributed by atoms with Gasteiger partial charge in [0.15, 0.2) is 11.6 Å². The zero-order valence-electron chi connectivity index (χ0n) is 11.9. The van der Waals surface area contributed by atoms with Crippen molar-refractivity contribution >= 4 is 0 Å². The minimum atomic E-state index is -0.296. The molecule has 1 aromatic carbocycles. The molecule has 1 aliphatic heterocycles. The van der Waals surface area contributed by atoms with Gasteiger partial charge >= 0.3 is 0 Å². The number of ether oxygens (including phenoxy) is 1. The predicted molar refractivity (Wildman–Crippen MR) is 75.3 cm³/mol. The van der Waals surface area contributed by atoms with Crippen LogP contribution in [-0.4, -0.2) is 32.8 Å². The summed E-state index contributed by atoms with van der Waals surface area (Å²) in [5, 5.41) is 6.89. The molecule has 0 amide bonds. The highest BCUT2D eigenvalue weighted by molar-refractivity contribution is 5.33. The number of halogens is 1. The minimum Gasteiger partial charge on any atom is -0.494 e. The van der Waals surface area contributed by atoms with Gasteiger partial charge in [0.2, 0.25) is 0 Å². The van der Waals surface area contributed by atoms with Crippen LogP contribution in [0, 0.1) is 5.82 Å². The zero-order valence-corrected chi connectivity index (χ0v) is 11.9. The molecule has 0 aliphatic carbocycles. The maximum Gasteiger partial charge on any atom is 0.165 e. The molecule has 4 heteroatoms. The summed E-state index contributed by atoms with van der Waals surface area (Å²) in [6.45, 7) is 7.20. The molecule has 0 bridgehead atoms. The molecule has 0 aromatic heterocycles. The molecule has 1 atom stereocenters. The molecule has 1 fully saturated rings. The number of methoxy groups -OCH3 is 1. The lowest BCUT2D eigenvalue weighted by atomic mass is 9.84. The van der Waals surface area contributed by atoms with E-state index in [0.717, 1.165) is 31.6 Å². The lowest BCUT2D eigenvalue weighted by molar-refractivity contribution is 0.383. The Morgan fingerprint density at radius 2 is 2.26 bits per heavy atom. The fraction of sp³-hybridized carbons (Fsp3) is 0.600. The fourth-order valence-corrected chi connectivity index (χ4v) is 2.42. The van der Waals surface area contributed by atoms with Crippen LogP contribution in [0.3, 0.4) is 0 Å². The second-order valence-corrected chi connectivity index (χ2v) is 5.80. The van der Waals surface area contributed by atoms with Crippen LogP contribution in [0.4, 0.5) is 4.39 Å². The standard InChI is InChI=1S/C15H23FN2O/c1-15(2,10-18-12-6-7-17-9-12)11-4-5-14(19-3)13(16)8-11/h4-5,8,12,17-18H,6-7,9-10H2,1-3H3. The van der Waals surface area contributed by atoms with Crippen molar-refractivity contribution < 1.29 is 9.13 Å². The molecule has 1 aromatic rings.